The van der Waals surface area contributed by atoms with Crippen LogP contribution in [0.2, 0.25) is 0 Å². The molecular weight excluding hydrogens is 444 g/mol. The zero-order valence-electron chi connectivity index (χ0n) is 18.1. The van der Waals surface area contributed by atoms with Crippen LogP contribution in [0.1, 0.15) is 28.4 Å². The summed E-state index contributed by atoms with van der Waals surface area (Å²) in [7, 11) is 0. The first-order valence-electron chi connectivity index (χ1n) is 10.0. The summed E-state index contributed by atoms with van der Waals surface area (Å²) in [6.07, 6.45) is 0. The van der Waals surface area contributed by atoms with Crippen LogP contribution in [-0.4, -0.2) is 30.2 Å². The van der Waals surface area contributed by atoms with Crippen molar-refractivity contribution in [3.8, 4) is 16.2 Å². The van der Waals surface area contributed by atoms with Crippen LogP contribution in [0.25, 0.3) is 10.4 Å². The first kappa shape index (κ1) is 23.4. The minimum absolute atomic E-state index is 0.0755. The van der Waals surface area contributed by atoms with Crippen molar-refractivity contribution in [3.05, 3.63) is 71.3 Å². The summed E-state index contributed by atoms with van der Waals surface area (Å²) in [5.41, 5.74) is 3.31. The zero-order chi connectivity index (χ0) is 23.1. The summed E-state index contributed by atoms with van der Waals surface area (Å²) in [6, 6.07) is 17.2. The van der Waals surface area contributed by atoms with E-state index in [9.17, 15) is 9.59 Å². The molecule has 8 heteroatoms. The molecule has 0 aliphatic carbocycles. The van der Waals surface area contributed by atoms with Gasteiger partial charge in [0.15, 0.2) is 11.7 Å². The third kappa shape index (κ3) is 6.15. The number of carbonyl (C=O) groups excluding carboxylic acids is 2. The third-order valence-electron chi connectivity index (χ3n) is 4.47. The Morgan fingerprint density at radius 1 is 1.06 bits per heavy atom. The number of carbonyl (C=O) groups is 2. The topological polar surface area (TPSA) is 76.7 Å². The summed E-state index contributed by atoms with van der Waals surface area (Å²) in [4.78, 5) is 25.6. The van der Waals surface area contributed by atoms with Gasteiger partial charge in [-0.3, -0.25) is 10.1 Å². The molecule has 166 valence electrons. The van der Waals surface area contributed by atoms with Gasteiger partial charge in [0.1, 0.15) is 10.8 Å². The molecule has 1 amide bonds. The number of thiocarbonyl (C=S) groups is 1. The standard InChI is InChI=1S/C24H24N2O4S2/c1-4-29-23(28)18-13-20(17-8-6-5-7-9-17)32-22(18)26-24(31)25-21(27)14-30-19-12-15(2)10-11-16(19)3/h5-13H,4,14H2,1-3H3,(H2,25,26,27,31). The van der Waals surface area contributed by atoms with Gasteiger partial charge in [0.05, 0.1) is 12.2 Å². The quantitative estimate of drug-likeness (QED) is 0.371. The van der Waals surface area contributed by atoms with E-state index in [4.69, 9.17) is 21.7 Å². The average molecular weight is 469 g/mol. The van der Waals surface area contributed by atoms with E-state index in [1.807, 2.05) is 62.4 Å². The Morgan fingerprint density at radius 2 is 1.81 bits per heavy atom. The van der Waals surface area contributed by atoms with E-state index in [-0.39, 0.29) is 18.3 Å². The van der Waals surface area contributed by atoms with Crippen LogP contribution in [-0.2, 0) is 9.53 Å². The number of hydrogen-bond acceptors (Lipinski definition) is 6. The van der Waals surface area contributed by atoms with Crippen molar-refractivity contribution < 1.29 is 19.1 Å². The molecule has 0 bridgehead atoms. The lowest BCUT2D eigenvalue weighted by Gasteiger charge is -2.12. The molecule has 0 aliphatic rings. The second-order valence-electron chi connectivity index (χ2n) is 7.00. The molecule has 0 saturated heterocycles. The van der Waals surface area contributed by atoms with Crippen LogP contribution in [0, 0.1) is 13.8 Å². The lowest BCUT2D eigenvalue weighted by atomic mass is 10.1. The van der Waals surface area contributed by atoms with Gasteiger partial charge in [0.25, 0.3) is 5.91 Å². The van der Waals surface area contributed by atoms with Gasteiger partial charge in [-0.15, -0.1) is 11.3 Å². The van der Waals surface area contributed by atoms with Gasteiger partial charge in [0, 0.05) is 4.88 Å². The molecular formula is C24H24N2O4S2. The Kier molecular flexibility index (Phi) is 7.97. The number of benzene rings is 2. The lowest BCUT2D eigenvalue weighted by Crippen LogP contribution is -2.37. The molecule has 3 aromatic rings. The van der Waals surface area contributed by atoms with Gasteiger partial charge in [-0.25, -0.2) is 4.79 Å². The molecule has 0 spiro atoms. The predicted molar refractivity (Wildman–Crippen MR) is 131 cm³/mol. The van der Waals surface area contributed by atoms with Crippen molar-refractivity contribution in [3.63, 3.8) is 0 Å². The second-order valence-corrected chi connectivity index (χ2v) is 8.46. The second kappa shape index (κ2) is 10.9. The Balaban J connectivity index is 1.67. The van der Waals surface area contributed by atoms with Crippen molar-refractivity contribution in [2.45, 2.75) is 20.8 Å². The maximum Gasteiger partial charge on any atom is 0.341 e. The van der Waals surface area contributed by atoms with Crippen molar-refractivity contribution >= 4 is 45.5 Å². The van der Waals surface area contributed by atoms with Gasteiger partial charge in [-0.05, 0) is 61.8 Å². The molecule has 2 aromatic carbocycles. The molecule has 0 fully saturated rings. The number of anilines is 1. The van der Waals surface area contributed by atoms with E-state index in [1.165, 1.54) is 11.3 Å². The molecule has 0 unspecified atom stereocenters. The molecule has 1 aromatic heterocycles. The van der Waals surface area contributed by atoms with E-state index in [0.29, 0.717) is 16.3 Å². The van der Waals surface area contributed by atoms with Crippen molar-refractivity contribution in [1.82, 2.24) is 5.32 Å². The smallest absolute Gasteiger partial charge is 0.341 e. The van der Waals surface area contributed by atoms with Gasteiger partial charge < -0.3 is 14.8 Å². The lowest BCUT2D eigenvalue weighted by molar-refractivity contribution is -0.121. The number of thiophene rings is 1. The number of ether oxygens (including phenoxy) is 2. The number of esters is 1. The molecule has 0 saturated carbocycles. The number of aryl methyl sites for hydroxylation is 2. The van der Waals surface area contributed by atoms with Crippen LogP contribution in [0.5, 0.6) is 5.75 Å². The van der Waals surface area contributed by atoms with E-state index in [2.05, 4.69) is 10.6 Å². The fraction of sp³-hybridized carbons (Fsp3) is 0.208. The van der Waals surface area contributed by atoms with Crippen molar-refractivity contribution in [2.24, 2.45) is 0 Å². The van der Waals surface area contributed by atoms with Crippen molar-refractivity contribution in [1.29, 1.82) is 0 Å². The van der Waals surface area contributed by atoms with Crippen molar-refractivity contribution in [2.75, 3.05) is 18.5 Å². The van der Waals surface area contributed by atoms with Gasteiger partial charge >= 0.3 is 5.97 Å². The number of rotatable bonds is 7. The van der Waals surface area contributed by atoms with Crippen LogP contribution in [0.4, 0.5) is 5.00 Å². The number of nitrogens with one attached hydrogen (secondary N) is 2. The minimum Gasteiger partial charge on any atom is -0.483 e. The maximum absolute atomic E-state index is 12.4. The van der Waals surface area contributed by atoms with Crippen LogP contribution in [0.15, 0.2) is 54.6 Å². The highest BCUT2D eigenvalue weighted by atomic mass is 32.1. The normalized spacial score (nSPS) is 10.3. The SMILES string of the molecule is CCOC(=O)c1cc(-c2ccccc2)sc1NC(=S)NC(=O)COc1cc(C)ccc1C. The summed E-state index contributed by atoms with van der Waals surface area (Å²) in [5.74, 6) is -0.212. The minimum atomic E-state index is -0.458. The Labute approximate surface area is 196 Å². The first-order valence-corrected chi connectivity index (χ1v) is 11.3. The Bertz CT molecular complexity index is 1130. The molecule has 6 nitrogen and oxygen atoms in total. The Morgan fingerprint density at radius 3 is 2.53 bits per heavy atom. The highest BCUT2D eigenvalue weighted by molar-refractivity contribution is 7.80. The van der Waals surface area contributed by atoms with Crippen LogP contribution >= 0.6 is 23.6 Å². The van der Waals surface area contributed by atoms with Crippen LogP contribution < -0.4 is 15.4 Å². The van der Waals surface area contributed by atoms with Gasteiger partial charge in [-0.1, -0.05) is 42.5 Å². The summed E-state index contributed by atoms with van der Waals surface area (Å²) in [6.45, 7) is 5.69. The molecule has 0 atom stereocenters. The average Bonchev–Trinajstić information content (AvgIpc) is 3.19. The van der Waals surface area contributed by atoms with E-state index < -0.39 is 11.9 Å². The highest BCUT2D eigenvalue weighted by Gasteiger charge is 2.19. The molecule has 0 radical (unpaired) electrons. The van der Waals surface area contributed by atoms with E-state index in [0.717, 1.165) is 21.6 Å². The fourth-order valence-corrected chi connectivity index (χ4v) is 4.23. The fourth-order valence-electron chi connectivity index (χ4n) is 2.89. The molecule has 1 heterocycles. The monoisotopic (exact) mass is 468 g/mol. The van der Waals surface area contributed by atoms with E-state index in [1.54, 1.807) is 13.0 Å². The first-order chi connectivity index (χ1) is 15.4. The summed E-state index contributed by atoms with van der Waals surface area (Å²) < 4.78 is 10.8. The zero-order valence-corrected chi connectivity index (χ0v) is 19.7. The highest BCUT2D eigenvalue weighted by Crippen LogP contribution is 2.35. The third-order valence-corrected chi connectivity index (χ3v) is 5.77. The number of hydrogen-bond donors (Lipinski definition) is 2. The van der Waals surface area contributed by atoms with Crippen LogP contribution in [0.3, 0.4) is 0 Å². The molecule has 3 rings (SSSR count). The molecule has 2 N–H and O–H groups in total. The predicted octanol–water partition coefficient (Wildman–Crippen LogP) is 5.10. The summed E-state index contributed by atoms with van der Waals surface area (Å²) >= 11 is 6.64. The number of amides is 1. The van der Waals surface area contributed by atoms with Gasteiger partial charge in [-0.2, -0.15) is 0 Å². The van der Waals surface area contributed by atoms with E-state index >= 15 is 0 Å². The molecule has 32 heavy (non-hydrogen) atoms. The maximum atomic E-state index is 12.4. The molecule has 0 aliphatic heterocycles. The Hall–Kier alpha value is -3.23. The summed E-state index contributed by atoms with van der Waals surface area (Å²) in [5, 5.41) is 6.12. The van der Waals surface area contributed by atoms with Gasteiger partial charge in [0.2, 0.25) is 0 Å². The largest absolute Gasteiger partial charge is 0.483 e.